The smallest absolute Gasteiger partial charge is 0.416 e. The third kappa shape index (κ3) is 4.47. The van der Waals surface area contributed by atoms with Crippen molar-refractivity contribution < 1.29 is 27.5 Å². The largest absolute Gasteiger partial charge is 0.505 e. The van der Waals surface area contributed by atoms with Crippen molar-refractivity contribution in [2.45, 2.75) is 19.1 Å². The lowest BCUT2D eigenvalue weighted by Crippen LogP contribution is -2.27. The molecule has 0 aromatic heterocycles. The number of carbonyl (C=O) groups is 1. The average Bonchev–Trinajstić information content (AvgIpc) is 2.50. The van der Waals surface area contributed by atoms with E-state index in [0.29, 0.717) is 11.1 Å². The molecule has 3 nitrogen and oxygen atoms in total. The van der Waals surface area contributed by atoms with Crippen LogP contribution in [0.1, 0.15) is 16.7 Å². The average molecular weight is 341 g/mol. The monoisotopic (exact) mass is 341 g/mol. The highest BCUT2D eigenvalue weighted by Gasteiger charge is 2.30. The van der Waals surface area contributed by atoms with E-state index in [1.54, 1.807) is 0 Å². The van der Waals surface area contributed by atoms with Gasteiger partial charge in [-0.25, -0.2) is 4.39 Å². The van der Waals surface area contributed by atoms with Gasteiger partial charge in [0.05, 0.1) is 12.0 Å². The molecule has 0 spiro atoms. The van der Waals surface area contributed by atoms with Crippen LogP contribution in [0.4, 0.5) is 17.6 Å². The summed E-state index contributed by atoms with van der Waals surface area (Å²) in [5, 5.41) is 9.11. The standard InChI is InChI=1S/C17H15F4NO2/c1-22(10-12-3-2-4-13(7-12)17(19,20)21)16(24)9-11-5-6-15(23)14(18)8-11/h2-8,23H,9-10H2,1H3. The SMILES string of the molecule is CN(Cc1cccc(C(F)(F)F)c1)C(=O)Cc1ccc(O)c(F)c1. The number of alkyl halides is 3. The molecular formula is C17H15F4NO2. The van der Waals surface area contributed by atoms with E-state index in [9.17, 15) is 22.4 Å². The molecule has 0 saturated carbocycles. The topological polar surface area (TPSA) is 40.5 Å². The summed E-state index contributed by atoms with van der Waals surface area (Å²) in [6, 6.07) is 8.34. The molecule has 1 amide bonds. The molecule has 128 valence electrons. The van der Waals surface area contributed by atoms with Gasteiger partial charge in [-0.05, 0) is 35.4 Å². The number of likely N-dealkylation sites (N-methyl/N-ethyl adjacent to an activating group) is 1. The van der Waals surface area contributed by atoms with E-state index >= 15 is 0 Å². The van der Waals surface area contributed by atoms with Crippen molar-refractivity contribution >= 4 is 5.91 Å². The van der Waals surface area contributed by atoms with Crippen LogP contribution in [0, 0.1) is 5.82 Å². The Kier molecular flexibility index (Phi) is 5.11. The summed E-state index contributed by atoms with van der Waals surface area (Å²) in [4.78, 5) is 13.4. The Hall–Kier alpha value is -2.57. The van der Waals surface area contributed by atoms with Gasteiger partial charge in [0.15, 0.2) is 11.6 Å². The molecule has 0 heterocycles. The number of benzene rings is 2. The van der Waals surface area contributed by atoms with Crippen LogP contribution >= 0.6 is 0 Å². The molecule has 0 saturated heterocycles. The highest BCUT2D eigenvalue weighted by Crippen LogP contribution is 2.29. The first-order valence-electron chi connectivity index (χ1n) is 7.04. The van der Waals surface area contributed by atoms with Crippen LogP contribution in [0.3, 0.4) is 0 Å². The van der Waals surface area contributed by atoms with Crippen LogP contribution < -0.4 is 0 Å². The molecule has 7 heteroatoms. The fraction of sp³-hybridized carbons (Fsp3) is 0.235. The Morgan fingerprint density at radius 2 is 1.83 bits per heavy atom. The highest BCUT2D eigenvalue weighted by atomic mass is 19.4. The van der Waals surface area contributed by atoms with Crippen LogP contribution in [0.2, 0.25) is 0 Å². The van der Waals surface area contributed by atoms with Gasteiger partial charge in [-0.2, -0.15) is 13.2 Å². The molecule has 0 radical (unpaired) electrons. The minimum Gasteiger partial charge on any atom is -0.505 e. The van der Waals surface area contributed by atoms with E-state index in [1.165, 1.54) is 30.1 Å². The Morgan fingerprint density at radius 3 is 2.46 bits per heavy atom. The van der Waals surface area contributed by atoms with Crippen LogP contribution in [0.15, 0.2) is 42.5 Å². The van der Waals surface area contributed by atoms with Crippen LogP contribution in [0.25, 0.3) is 0 Å². The van der Waals surface area contributed by atoms with Crippen molar-refractivity contribution in [3.8, 4) is 5.75 Å². The molecule has 2 aromatic carbocycles. The van der Waals surface area contributed by atoms with Gasteiger partial charge in [-0.1, -0.05) is 18.2 Å². The lowest BCUT2D eigenvalue weighted by Gasteiger charge is -2.18. The predicted octanol–water partition coefficient (Wildman–Crippen LogP) is 3.75. The van der Waals surface area contributed by atoms with Crippen molar-refractivity contribution in [3.05, 3.63) is 65.0 Å². The molecule has 0 aliphatic heterocycles. The number of hydrogen-bond donors (Lipinski definition) is 1. The predicted molar refractivity (Wildman–Crippen MR) is 79.7 cm³/mol. The summed E-state index contributed by atoms with van der Waals surface area (Å²) in [7, 11) is 1.46. The maximum Gasteiger partial charge on any atom is 0.416 e. The lowest BCUT2D eigenvalue weighted by atomic mass is 10.1. The number of phenolic OH excluding ortho intramolecular Hbond substituents is 1. The van der Waals surface area contributed by atoms with Gasteiger partial charge in [-0.15, -0.1) is 0 Å². The number of amides is 1. The number of nitrogens with zero attached hydrogens (tertiary/aromatic N) is 1. The zero-order valence-corrected chi connectivity index (χ0v) is 12.8. The van der Waals surface area contributed by atoms with Crippen LogP contribution in [0.5, 0.6) is 5.75 Å². The van der Waals surface area contributed by atoms with E-state index in [-0.39, 0.29) is 18.9 Å². The van der Waals surface area contributed by atoms with E-state index < -0.39 is 23.3 Å². The van der Waals surface area contributed by atoms with Gasteiger partial charge in [0.1, 0.15) is 0 Å². The van der Waals surface area contributed by atoms with E-state index in [2.05, 4.69) is 0 Å². The summed E-state index contributed by atoms with van der Waals surface area (Å²) in [5.74, 6) is -1.72. The molecule has 24 heavy (non-hydrogen) atoms. The Labute approximate surface area is 136 Å². The second-order valence-electron chi connectivity index (χ2n) is 5.41. The number of hydrogen-bond acceptors (Lipinski definition) is 2. The molecule has 2 aromatic rings. The van der Waals surface area contributed by atoms with Crippen molar-refractivity contribution in [1.82, 2.24) is 4.90 Å². The van der Waals surface area contributed by atoms with Crippen molar-refractivity contribution in [3.63, 3.8) is 0 Å². The van der Waals surface area contributed by atoms with Crippen LogP contribution in [-0.4, -0.2) is 23.0 Å². The van der Waals surface area contributed by atoms with Gasteiger partial charge >= 0.3 is 6.18 Å². The quantitative estimate of drug-likeness (QED) is 0.861. The van der Waals surface area contributed by atoms with E-state index in [1.807, 2.05) is 0 Å². The summed E-state index contributed by atoms with van der Waals surface area (Å²) < 4.78 is 51.3. The van der Waals surface area contributed by atoms with E-state index in [0.717, 1.165) is 24.3 Å². The van der Waals surface area contributed by atoms with Gasteiger partial charge in [-0.3, -0.25) is 4.79 Å². The Bertz CT molecular complexity index is 744. The van der Waals surface area contributed by atoms with Gasteiger partial charge in [0, 0.05) is 13.6 Å². The number of halogens is 4. The second-order valence-corrected chi connectivity index (χ2v) is 5.41. The maximum atomic E-state index is 13.3. The minimum atomic E-state index is -4.44. The molecule has 0 atom stereocenters. The zero-order chi connectivity index (χ0) is 17.9. The lowest BCUT2D eigenvalue weighted by molar-refractivity contribution is -0.137. The Morgan fingerprint density at radius 1 is 1.12 bits per heavy atom. The molecule has 1 N–H and O–H groups in total. The molecule has 0 aliphatic rings. The fourth-order valence-electron chi connectivity index (χ4n) is 2.18. The van der Waals surface area contributed by atoms with E-state index in [4.69, 9.17) is 5.11 Å². The first kappa shape index (κ1) is 17.8. The second kappa shape index (κ2) is 6.90. The summed E-state index contributed by atoms with van der Waals surface area (Å²) in [6.07, 6.45) is -4.56. The first-order chi connectivity index (χ1) is 11.2. The number of aromatic hydroxyl groups is 1. The molecule has 0 bridgehead atoms. The van der Waals surface area contributed by atoms with Gasteiger partial charge in [0.2, 0.25) is 5.91 Å². The number of rotatable bonds is 4. The fourth-order valence-corrected chi connectivity index (χ4v) is 2.18. The summed E-state index contributed by atoms with van der Waals surface area (Å²) >= 11 is 0. The number of carbonyl (C=O) groups excluding carboxylic acids is 1. The minimum absolute atomic E-state index is 0.00329. The van der Waals surface area contributed by atoms with Crippen molar-refractivity contribution in [1.29, 1.82) is 0 Å². The molecule has 0 aliphatic carbocycles. The van der Waals surface area contributed by atoms with Crippen molar-refractivity contribution in [2.75, 3.05) is 7.05 Å². The zero-order valence-electron chi connectivity index (χ0n) is 12.8. The Balaban J connectivity index is 2.05. The highest BCUT2D eigenvalue weighted by molar-refractivity contribution is 5.78. The molecule has 0 fully saturated rings. The molecule has 2 rings (SSSR count). The molecular weight excluding hydrogens is 326 g/mol. The van der Waals surface area contributed by atoms with Crippen molar-refractivity contribution in [2.24, 2.45) is 0 Å². The maximum absolute atomic E-state index is 13.3. The van der Waals surface area contributed by atoms with Crippen LogP contribution in [-0.2, 0) is 23.9 Å². The summed E-state index contributed by atoms with van der Waals surface area (Å²) in [5.41, 5.74) is -0.0646. The third-order valence-electron chi connectivity index (χ3n) is 3.47. The summed E-state index contributed by atoms with van der Waals surface area (Å²) in [6.45, 7) is 0.00329. The normalized spacial score (nSPS) is 11.4. The number of phenols is 1. The van der Waals surface area contributed by atoms with Gasteiger partial charge in [0.25, 0.3) is 0 Å². The van der Waals surface area contributed by atoms with Gasteiger partial charge < -0.3 is 10.0 Å². The first-order valence-corrected chi connectivity index (χ1v) is 7.04. The molecule has 0 unspecified atom stereocenters. The third-order valence-corrected chi connectivity index (χ3v) is 3.47.